The molecule has 1 amide bonds. The normalized spacial score (nSPS) is 12.8. The van der Waals surface area contributed by atoms with Gasteiger partial charge in [0.15, 0.2) is 28.6 Å². The van der Waals surface area contributed by atoms with Crippen LogP contribution in [0.25, 0.3) is 0 Å². The van der Waals surface area contributed by atoms with Crippen molar-refractivity contribution < 1.29 is 23.7 Å². The molecule has 0 saturated carbocycles. The van der Waals surface area contributed by atoms with Crippen LogP contribution in [0.1, 0.15) is 18.9 Å². The zero-order chi connectivity index (χ0) is 23.2. The van der Waals surface area contributed by atoms with Crippen LogP contribution < -0.4 is 24.3 Å². The average molecular weight is 469 g/mol. The predicted octanol–water partition coefficient (Wildman–Crippen LogP) is 4.07. The molecule has 1 N–H and O–H groups in total. The second-order valence-corrected chi connectivity index (χ2v) is 8.03. The number of thioether (sulfide) groups is 1. The van der Waals surface area contributed by atoms with Crippen molar-refractivity contribution in [2.24, 2.45) is 0 Å². The highest BCUT2D eigenvalue weighted by Crippen LogP contribution is 2.34. The highest BCUT2D eigenvalue weighted by atomic mass is 32.2. The van der Waals surface area contributed by atoms with Gasteiger partial charge < -0.3 is 24.3 Å². The number of anilines is 1. The minimum absolute atomic E-state index is 0.162. The molecule has 10 heteroatoms. The number of rotatable bonds is 10. The number of amides is 1. The molecule has 0 aliphatic carbocycles. The van der Waals surface area contributed by atoms with E-state index in [2.05, 4.69) is 22.1 Å². The van der Waals surface area contributed by atoms with Gasteiger partial charge in [-0.25, -0.2) is 0 Å². The van der Waals surface area contributed by atoms with E-state index in [1.54, 1.807) is 37.5 Å². The van der Waals surface area contributed by atoms with Crippen LogP contribution in [0.5, 0.6) is 23.0 Å². The third-order valence-electron chi connectivity index (χ3n) is 4.76. The zero-order valence-electron chi connectivity index (χ0n) is 18.3. The number of carbonyl (C=O) groups is 1. The first-order valence-corrected chi connectivity index (χ1v) is 11.2. The van der Waals surface area contributed by atoms with Gasteiger partial charge in [-0.15, -0.1) is 16.8 Å². The van der Waals surface area contributed by atoms with Gasteiger partial charge in [0.2, 0.25) is 12.7 Å². The van der Waals surface area contributed by atoms with Gasteiger partial charge >= 0.3 is 0 Å². The average Bonchev–Trinajstić information content (AvgIpc) is 3.44. The zero-order valence-corrected chi connectivity index (χ0v) is 19.1. The smallest absolute Gasteiger partial charge is 0.234 e. The van der Waals surface area contributed by atoms with Gasteiger partial charge in [0.25, 0.3) is 0 Å². The molecule has 0 saturated heterocycles. The molecule has 0 radical (unpaired) electrons. The van der Waals surface area contributed by atoms with E-state index in [1.807, 2.05) is 29.7 Å². The molecule has 0 fully saturated rings. The van der Waals surface area contributed by atoms with Gasteiger partial charge in [-0.1, -0.05) is 23.9 Å². The van der Waals surface area contributed by atoms with Gasteiger partial charge in [0.05, 0.1) is 12.9 Å². The Labute approximate surface area is 195 Å². The van der Waals surface area contributed by atoms with E-state index >= 15 is 0 Å². The van der Waals surface area contributed by atoms with Crippen molar-refractivity contribution in [3.05, 3.63) is 60.9 Å². The predicted molar refractivity (Wildman–Crippen MR) is 124 cm³/mol. The fourth-order valence-electron chi connectivity index (χ4n) is 3.24. The lowest BCUT2D eigenvalue weighted by Crippen LogP contribution is -2.15. The molecule has 2 heterocycles. The summed E-state index contributed by atoms with van der Waals surface area (Å²) in [7, 11) is 1.61. The minimum Gasteiger partial charge on any atom is -0.497 e. The lowest BCUT2D eigenvalue weighted by Gasteiger charge is -2.16. The number of hydrogen-bond acceptors (Lipinski definition) is 8. The number of allylic oxidation sites excluding steroid dienone is 1. The van der Waals surface area contributed by atoms with Crippen molar-refractivity contribution in [3.63, 3.8) is 0 Å². The van der Waals surface area contributed by atoms with E-state index in [1.165, 1.54) is 11.8 Å². The number of fused-ring (bicyclic) bond motifs is 1. The first-order chi connectivity index (χ1) is 16.1. The van der Waals surface area contributed by atoms with E-state index in [4.69, 9.17) is 18.9 Å². The number of ether oxygens (including phenoxy) is 4. The molecule has 1 unspecified atom stereocenters. The van der Waals surface area contributed by atoms with E-state index in [0.717, 1.165) is 0 Å². The van der Waals surface area contributed by atoms with Gasteiger partial charge in [-0.3, -0.25) is 9.36 Å². The number of carbonyl (C=O) groups excluding carboxylic acids is 1. The fraction of sp³-hybridized carbons (Fsp3) is 0.261. The molecule has 0 bridgehead atoms. The second-order valence-electron chi connectivity index (χ2n) is 7.08. The van der Waals surface area contributed by atoms with E-state index in [0.29, 0.717) is 46.2 Å². The monoisotopic (exact) mass is 468 g/mol. The molecule has 3 aromatic rings. The molecule has 4 rings (SSSR count). The lowest BCUT2D eigenvalue weighted by molar-refractivity contribution is -0.113. The summed E-state index contributed by atoms with van der Waals surface area (Å²) in [6.07, 6.45) is 1.38. The third-order valence-corrected chi connectivity index (χ3v) is 5.73. The Balaban J connectivity index is 1.40. The first kappa shape index (κ1) is 22.5. The molecular formula is C23H24N4O5S. The van der Waals surface area contributed by atoms with Crippen LogP contribution in [0, 0.1) is 0 Å². The Morgan fingerprint density at radius 1 is 1.24 bits per heavy atom. The summed E-state index contributed by atoms with van der Waals surface area (Å²) >= 11 is 1.29. The molecule has 0 spiro atoms. The number of nitrogens with one attached hydrogen (secondary N) is 1. The Morgan fingerprint density at radius 2 is 2.06 bits per heavy atom. The number of hydrogen-bond donors (Lipinski definition) is 1. The molecule has 1 aliphatic heterocycles. The van der Waals surface area contributed by atoms with E-state index in [-0.39, 0.29) is 24.6 Å². The van der Waals surface area contributed by atoms with Crippen molar-refractivity contribution in [2.75, 3.05) is 25.0 Å². The summed E-state index contributed by atoms with van der Waals surface area (Å²) in [4.78, 5) is 12.5. The lowest BCUT2D eigenvalue weighted by atomic mass is 10.3. The van der Waals surface area contributed by atoms with Crippen LogP contribution in [0.15, 0.2) is 60.3 Å². The van der Waals surface area contributed by atoms with Gasteiger partial charge in [0, 0.05) is 24.4 Å². The summed E-state index contributed by atoms with van der Waals surface area (Å²) < 4.78 is 23.8. The molecule has 33 heavy (non-hydrogen) atoms. The van der Waals surface area contributed by atoms with Crippen LogP contribution in [-0.4, -0.2) is 40.3 Å². The number of aromatic nitrogens is 3. The van der Waals surface area contributed by atoms with Crippen molar-refractivity contribution in [2.45, 2.75) is 24.7 Å². The van der Waals surface area contributed by atoms with Crippen LogP contribution in [0.2, 0.25) is 0 Å². The second kappa shape index (κ2) is 10.3. The fourth-order valence-corrected chi connectivity index (χ4v) is 4.00. The summed E-state index contributed by atoms with van der Waals surface area (Å²) in [5.41, 5.74) is 0.637. The van der Waals surface area contributed by atoms with Crippen molar-refractivity contribution in [1.29, 1.82) is 0 Å². The van der Waals surface area contributed by atoms with Crippen LogP contribution >= 0.6 is 11.8 Å². The molecule has 1 aromatic heterocycles. The Kier molecular flexibility index (Phi) is 7.04. The maximum atomic E-state index is 12.5. The summed E-state index contributed by atoms with van der Waals surface area (Å²) in [5.74, 6) is 3.27. The maximum absolute atomic E-state index is 12.5. The van der Waals surface area contributed by atoms with Crippen molar-refractivity contribution in [3.8, 4) is 23.0 Å². The van der Waals surface area contributed by atoms with Crippen LogP contribution in [-0.2, 0) is 11.3 Å². The largest absolute Gasteiger partial charge is 0.497 e. The highest BCUT2D eigenvalue weighted by molar-refractivity contribution is 7.99. The van der Waals surface area contributed by atoms with Gasteiger partial charge in [0.1, 0.15) is 11.5 Å². The Morgan fingerprint density at radius 3 is 2.88 bits per heavy atom. The molecule has 172 valence electrons. The van der Waals surface area contributed by atoms with E-state index < -0.39 is 0 Å². The Hall–Kier alpha value is -3.66. The summed E-state index contributed by atoms with van der Waals surface area (Å²) in [6, 6.07) is 12.6. The topological polar surface area (TPSA) is 96.7 Å². The number of nitrogens with zero attached hydrogens (tertiary/aromatic N) is 3. The highest BCUT2D eigenvalue weighted by Gasteiger charge is 2.20. The SMILES string of the molecule is C=CCn1c(SCC(=O)Nc2ccc3c(c2)OCO3)nnc1C(C)Oc1cccc(OC)c1. The molecular weight excluding hydrogens is 444 g/mol. The quantitative estimate of drug-likeness (QED) is 0.351. The van der Waals surface area contributed by atoms with Gasteiger partial charge in [-0.05, 0) is 31.2 Å². The number of methoxy groups -OCH3 is 1. The first-order valence-electron chi connectivity index (χ1n) is 10.2. The standard InChI is InChI=1S/C23H24N4O5S/c1-4-10-27-22(15(2)32-18-7-5-6-17(12-18)29-3)25-26-23(27)33-13-21(28)24-16-8-9-19-20(11-16)31-14-30-19/h4-9,11-12,15H,1,10,13-14H2,2-3H3,(H,24,28). The van der Waals surface area contributed by atoms with E-state index in [9.17, 15) is 4.79 Å². The van der Waals surface area contributed by atoms with Crippen LogP contribution in [0.4, 0.5) is 5.69 Å². The molecule has 1 atom stereocenters. The van der Waals surface area contributed by atoms with Crippen molar-refractivity contribution >= 4 is 23.4 Å². The minimum atomic E-state index is -0.374. The maximum Gasteiger partial charge on any atom is 0.234 e. The third kappa shape index (κ3) is 5.40. The summed E-state index contributed by atoms with van der Waals surface area (Å²) in [5, 5.41) is 12.0. The molecule has 9 nitrogen and oxygen atoms in total. The Bertz CT molecular complexity index is 1150. The van der Waals surface area contributed by atoms with Crippen molar-refractivity contribution in [1.82, 2.24) is 14.8 Å². The number of benzene rings is 2. The molecule has 2 aromatic carbocycles. The molecule has 1 aliphatic rings. The van der Waals surface area contributed by atoms with Crippen LogP contribution in [0.3, 0.4) is 0 Å². The summed E-state index contributed by atoms with van der Waals surface area (Å²) in [6.45, 7) is 6.38. The van der Waals surface area contributed by atoms with Gasteiger partial charge in [-0.2, -0.15) is 0 Å².